The van der Waals surface area contributed by atoms with Crippen molar-refractivity contribution in [3.05, 3.63) is 163 Å². The molecular weight excluding hydrogens is 689 g/mol. The number of hydrogen-bond acceptors (Lipinski definition) is 9. The second-order valence-corrected chi connectivity index (χ2v) is 13.2. The molecule has 0 fully saturated rings. The first-order valence-corrected chi connectivity index (χ1v) is 18.1. The zero-order valence-corrected chi connectivity index (χ0v) is 30.0. The summed E-state index contributed by atoms with van der Waals surface area (Å²) in [5, 5.41) is 1.65. The van der Waals surface area contributed by atoms with Crippen LogP contribution in [-0.4, -0.2) is 50.6 Å². The maximum Gasteiger partial charge on any atom is 0.330 e. The monoisotopic (exact) mass is 728 g/mol. The first kappa shape index (κ1) is 36.8. The van der Waals surface area contributed by atoms with Gasteiger partial charge >= 0.3 is 11.9 Å². The molecule has 0 saturated carbocycles. The summed E-state index contributed by atoms with van der Waals surface area (Å²) in [6.07, 6.45) is 4.16. The van der Waals surface area contributed by atoms with Crippen molar-refractivity contribution in [2.24, 2.45) is 0 Å². The molecule has 9 heteroatoms. The first-order valence-electron chi connectivity index (χ1n) is 17.3. The topological polar surface area (TPSA) is 89.5 Å². The van der Waals surface area contributed by atoms with Gasteiger partial charge in [0.05, 0.1) is 0 Å². The lowest BCUT2D eigenvalue weighted by molar-refractivity contribution is -0.147. The van der Waals surface area contributed by atoms with Crippen LogP contribution < -0.4 is 18.9 Å². The number of ether oxygens (including phenoxy) is 6. The van der Waals surface area contributed by atoms with Gasteiger partial charge in [0, 0.05) is 45.4 Å². The molecule has 1 aliphatic carbocycles. The fourth-order valence-corrected chi connectivity index (χ4v) is 6.79. The van der Waals surface area contributed by atoms with Crippen LogP contribution >= 0.6 is 11.8 Å². The Balaban J connectivity index is 1.32. The molecule has 2 atom stereocenters. The number of allylic oxidation sites excluding steroid dienone is 2. The number of carbonyl (C=O) groups excluding carboxylic acids is 2. The summed E-state index contributed by atoms with van der Waals surface area (Å²) in [5.74, 6) is 1.50. The molecule has 5 aromatic carbocycles. The summed E-state index contributed by atoms with van der Waals surface area (Å²) < 4.78 is 36.5. The van der Waals surface area contributed by atoms with Gasteiger partial charge in [-0.05, 0) is 47.7 Å². The Labute approximate surface area is 313 Å². The van der Waals surface area contributed by atoms with Crippen molar-refractivity contribution in [3.8, 4) is 23.0 Å². The SMILES string of the molecule is C=CC(=O)OC(COc1ccccc1)COc1c2c(c(OCC(COc3ccccc3)OC(=O)C=C)c3ccccc13)CC(Sc1ccccc1)=CC2. The van der Waals surface area contributed by atoms with E-state index in [0.29, 0.717) is 35.8 Å². The first-order chi connectivity index (χ1) is 26.0. The van der Waals surface area contributed by atoms with Gasteiger partial charge in [-0.3, -0.25) is 0 Å². The summed E-state index contributed by atoms with van der Waals surface area (Å²) >= 11 is 1.70. The quantitative estimate of drug-likeness (QED) is 0.0649. The average Bonchev–Trinajstić information content (AvgIpc) is 3.20. The van der Waals surface area contributed by atoms with Crippen molar-refractivity contribution in [2.75, 3.05) is 26.4 Å². The maximum atomic E-state index is 12.4. The molecule has 0 aliphatic heterocycles. The van der Waals surface area contributed by atoms with Crippen LogP contribution in [0.4, 0.5) is 0 Å². The van der Waals surface area contributed by atoms with E-state index >= 15 is 0 Å². The fourth-order valence-electron chi connectivity index (χ4n) is 5.81. The van der Waals surface area contributed by atoms with Crippen LogP contribution in [0.1, 0.15) is 11.1 Å². The van der Waals surface area contributed by atoms with Gasteiger partial charge in [-0.2, -0.15) is 0 Å². The molecule has 0 heterocycles. The molecule has 0 aromatic heterocycles. The third-order valence-corrected chi connectivity index (χ3v) is 9.37. The van der Waals surface area contributed by atoms with E-state index in [1.54, 1.807) is 11.8 Å². The van der Waals surface area contributed by atoms with Crippen molar-refractivity contribution in [2.45, 2.75) is 29.9 Å². The molecule has 0 bridgehead atoms. The van der Waals surface area contributed by atoms with Crippen molar-refractivity contribution < 1.29 is 38.0 Å². The van der Waals surface area contributed by atoms with E-state index in [-0.39, 0.29) is 26.4 Å². The lowest BCUT2D eigenvalue weighted by Crippen LogP contribution is -2.31. The molecular formula is C44H40O8S. The van der Waals surface area contributed by atoms with Gasteiger partial charge in [0.15, 0.2) is 12.2 Å². The van der Waals surface area contributed by atoms with Crippen molar-refractivity contribution in [3.63, 3.8) is 0 Å². The number of esters is 2. The molecule has 5 aromatic rings. The molecule has 0 spiro atoms. The van der Waals surface area contributed by atoms with Gasteiger partial charge in [-0.25, -0.2) is 9.59 Å². The van der Waals surface area contributed by atoms with E-state index < -0.39 is 24.1 Å². The zero-order chi connectivity index (χ0) is 36.8. The van der Waals surface area contributed by atoms with Crippen molar-refractivity contribution >= 4 is 34.5 Å². The minimum Gasteiger partial charge on any atom is -0.490 e. The van der Waals surface area contributed by atoms with Gasteiger partial charge in [-0.1, -0.05) is 110 Å². The highest BCUT2D eigenvalue weighted by atomic mass is 32.2. The Morgan fingerprint density at radius 1 is 0.585 bits per heavy atom. The van der Waals surface area contributed by atoms with Gasteiger partial charge in [0.25, 0.3) is 0 Å². The van der Waals surface area contributed by atoms with Crippen LogP contribution in [0.15, 0.2) is 156 Å². The molecule has 0 amide bonds. The van der Waals surface area contributed by atoms with Gasteiger partial charge in [0.1, 0.15) is 49.4 Å². The van der Waals surface area contributed by atoms with E-state index in [4.69, 9.17) is 28.4 Å². The van der Waals surface area contributed by atoms with Crippen molar-refractivity contribution in [1.82, 2.24) is 0 Å². The van der Waals surface area contributed by atoms with E-state index in [1.807, 2.05) is 103 Å². The largest absolute Gasteiger partial charge is 0.490 e. The molecule has 6 rings (SSSR count). The summed E-state index contributed by atoms with van der Waals surface area (Å²) in [6.45, 7) is 7.34. The Kier molecular flexibility index (Phi) is 12.9. The van der Waals surface area contributed by atoms with E-state index in [9.17, 15) is 9.59 Å². The normalized spacial score (nSPS) is 13.0. The van der Waals surface area contributed by atoms with Crippen LogP contribution in [0.3, 0.4) is 0 Å². The molecule has 1 aliphatic rings. The third kappa shape index (κ3) is 10.1. The van der Waals surface area contributed by atoms with Crippen LogP contribution in [-0.2, 0) is 31.9 Å². The summed E-state index contributed by atoms with van der Waals surface area (Å²) in [6, 6.07) is 36.7. The Hall–Kier alpha value is -5.93. The smallest absolute Gasteiger partial charge is 0.330 e. The summed E-state index contributed by atoms with van der Waals surface area (Å²) in [7, 11) is 0. The van der Waals surface area contributed by atoms with Gasteiger partial charge in [-0.15, -0.1) is 0 Å². The maximum absolute atomic E-state index is 12.4. The molecule has 0 saturated heterocycles. The predicted octanol–water partition coefficient (Wildman–Crippen LogP) is 8.73. The minimum atomic E-state index is -0.728. The Morgan fingerprint density at radius 2 is 1.02 bits per heavy atom. The number of carbonyl (C=O) groups is 2. The van der Waals surface area contributed by atoms with E-state index in [2.05, 4.69) is 31.4 Å². The summed E-state index contributed by atoms with van der Waals surface area (Å²) in [5.41, 5.74) is 1.91. The molecule has 8 nitrogen and oxygen atoms in total. The lowest BCUT2D eigenvalue weighted by atomic mass is 9.90. The Morgan fingerprint density at radius 3 is 1.51 bits per heavy atom. The second kappa shape index (κ2) is 18.5. The number of rotatable bonds is 18. The standard InChI is InChI=1S/C44H40O8S/c1-3-41(45)51-33(27-47-31-16-8-5-9-17-31)29-49-43-37-22-14-15-23-38(37)44(40-26-36(24-25-39(40)43)53-35-20-12-7-13-21-35)50-30-34(52-42(46)4-2)28-48-32-18-10-6-11-19-32/h3-24,33-34H,1-2,25-30H2. The number of para-hydroxylation sites is 2. The van der Waals surface area contributed by atoms with Crippen molar-refractivity contribution in [1.29, 1.82) is 0 Å². The van der Waals surface area contributed by atoms with Crippen LogP contribution in [0.2, 0.25) is 0 Å². The van der Waals surface area contributed by atoms with E-state index in [0.717, 1.165) is 43.9 Å². The molecule has 0 radical (unpaired) electrons. The number of fused-ring (bicyclic) bond motifs is 2. The minimum absolute atomic E-state index is 0.0321. The fraction of sp³-hybridized carbons (Fsp3) is 0.182. The van der Waals surface area contributed by atoms with Gasteiger partial charge < -0.3 is 28.4 Å². The van der Waals surface area contributed by atoms with Crippen LogP contribution in [0.5, 0.6) is 23.0 Å². The molecule has 270 valence electrons. The number of thioether (sulfide) groups is 1. The second-order valence-electron chi connectivity index (χ2n) is 12.0. The predicted molar refractivity (Wildman–Crippen MR) is 207 cm³/mol. The van der Waals surface area contributed by atoms with Crippen LogP contribution in [0, 0.1) is 0 Å². The molecule has 2 unspecified atom stereocenters. The highest BCUT2D eigenvalue weighted by molar-refractivity contribution is 8.03. The van der Waals surface area contributed by atoms with E-state index in [1.165, 1.54) is 0 Å². The number of benzene rings is 5. The summed E-state index contributed by atoms with van der Waals surface area (Å²) in [4.78, 5) is 27.0. The van der Waals surface area contributed by atoms with Crippen LogP contribution in [0.25, 0.3) is 10.8 Å². The highest BCUT2D eigenvalue weighted by Crippen LogP contribution is 2.46. The molecule has 0 N–H and O–H groups in total. The zero-order valence-electron chi connectivity index (χ0n) is 29.2. The lowest BCUT2D eigenvalue weighted by Gasteiger charge is -2.27. The average molecular weight is 729 g/mol. The molecule has 53 heavy (non-hydrogen) atoms. The number of hydrogen-bond donors (Lipinski definition) is 0. The Bertz CT molecular complexity index is 2050. The van der Waals surface area contributed by atoms with Gasteiger partial charge in [0.2, 0.25) is 0 Å². The highest BCUT2D eigenvalue weighted by Gasteiger charge is 2.27. The third-order valence-electron chi connectivity index (χ3n) is 8.29.